The SMILES string of the molecule is CC(C)(C)OC(=O)NCCCCCCCCNc1ccc2c(c1)C(=O)N(C1CCC(=O)NC1=O)C2=O. The first-order chi connectivity index (χ1) is 17.1. The lowest BCUT2D eigenvalue weighted by Gasteiger charge is -2.27. The lowest BCUT2D eigenvalue weighted by Crippen LogP contribution is -2.54. The van der Waals surface area contributed by atoms with E-state index in [1.807, 2.05) is 20.8 Å². The van der Waals surface area contributed by atoms with Gasteiger partial charge in [-0.15, -0.1) is 0 Å². The maximum atomic E-state index is 12.9. The fraction of sp³-hybridized carbons (Fsp3) is 0.577. The summed E-state index contributed by atoms with van der Waals surface area (Å²) >= 11 is 0. The van der Waals surface area contributed by atoms with Crippen LogP contribution in [0.2, 0.25) is 0 Å². The highest BCUT2D eigenvalue weighted by Crippen LogP contribution is 2.29. The first-order valence-corrected chi connectivity index (χ1v) is 12.6. The summed E-state index contributed by atoms with van der Waals surface area (Å²) in [4.78, 5) is 61.8. The van der Waals surface area contributed by atoms with E-state index in [2.05, 4.69) is 16.0 Å². The van der Waals surface area contributed by atoms with Crippen molar-refractivity contribution in [1.82, 2.24) is 15.5 Å². The zero-order valence-electron chi connectivity index (χ0n) is 21.3. The van der Waals surface area contributed by atoms with Crippen LogP contribution in [0.25, 0.3) is 0 Å². The van der Waals surface area contributed by atoms with E-state index in [0.29, 0.717) is 6.54 Å². The van der Waals surface area contributed by atoms with E-state index in [0.717, 1.165) is 55.7 Å². The van der Waals surface area contributed by atoms with Gasteiger partial charge in [-0.05, 0) is 58.2 Å². The fourth-order valence-corrected chi connectivity index (χ4v) is 4.28. The van der Waals surface area contributed by atoms with Crippen molar-refractivity contribution in [2.45, 2.75) is 83.8 Å². The average Bonchev–Trinajstić information content (AvgIpc) is 3.03. The Morgan fingerprint density at radius 3 is 2.28 bits per heavy atom. The van der Waals surface area contributed by atoms with Gasteiger partial charge in [0.05, 0.1) is 11.1 Å². The lowest BCUT2D eigenvalue weighted by atomic mass is 10.0. The van der Waals surface area contributed by atoms with Gasteiger partial charge in [0, 0.05) is 25.2 Å². The quantitative estimate of drug-likeness (QED) is 0.313. The normalized spacial score (nSPS) is 17.6. The van der Waals surface area contributed by atoms with E-state index >= 15 is 0 Å². The van der Waals surface area contributed by atoms with Crippen LogP contribution in [0.15, 0.2) is 18.2 Å². The zero-order chi connectivity index (χ0) is 26.3. The van der Waals surface area contributed by atoms with Crippen LogP contribution in [0.4, 0.5) is 10.5 Å². The van der Waals surface area contributed by atoms with Crippen LogP contribution < -0.4 is 16.0 Å². The van der Waals surface area contributed by atoms with E-state index < -0.39 is 35.3 Å². The molecule has 0 bridgehead atoms. The van der Waals surface area contributed by atoms with E-state index in [4.69, 9.17) is 4.74 Å². The third-order valence-corrected chi connectivity index (χ3v) is 6.04. The Hall–Kier alpha value is -3.43. The Labute approximate surface area is 211 Å². The molecule has 3 N–H and O–H groups in total. The summed E-state index contributed by atoms with van der Waals surface area (Å²) in [5.41, 5.74) is 0.806. The number of amides is 5. The molecule has 10 heteroatoms. The molecule has 1 aromatic carbocycles. The number of fused-ring (bicyclic) bond motifs is 1. The van der Waals surface area contributed by atoms with Gasteiger partial charge in [-0.2, -0.15) is 0 Å². The molecule has 1 fully saturated rings. The molecule has 0 radical (unpaired) electrons. The molecule has 5 amide bonds. The predicted molar refractivity (Wildman–Crippen MR) is 134 cm³/mol. The number of anilines is 1. The second-order valence-corrected chi connectivity index (χ2v) is 10.2. The van der Waals surface area contributed by atoms with E-state index in [1.165, 1.54) is 0 Å². The van der Waals surface area contributed by atoms with Gasteiger partial charge >= 0.3 is 6.09 Å². The van der Waals surface area contributed by atoms with Crippen LogP contribution >= 0.6 is 0 Å². The lowest BCUT2D eigenvalue weighted by molar-refractivity contribution is -0.136. The number of hydrogen-bond donors (Lipinski definition) is 3. The molecule has 36 heavy (non-hydrogen) atoms. The molecule has 3 rings (SSSR count). The van der Waals surface area contributed by atoms with Crippen LogP contribution in [0, 0.1) is 0 Å². The molecule has 1 unspecified atom stereocenters. The number of benzene rings is 1. The van der Waals surface area contributed by atoms with Gasteiger partial charge in [-0.3, -0.25) is 29.4 Å². The second kappa shape index (κ2) is 12.0. The minimum Gasteiger partial charge on any atom is -0.444 e. The number of rotatable bonds is 11. The summed E-state index contributed by atoms with van der Waals surface area (Å²) in [6, 6.07) is 4.06. The number of unbranched alkanes of at least 4 members (excludes halogenated alkanes) is 5. The molecule has 0 spiro atoms. The topological polar surface area (TPSA) is 134 Å². The molecule has 1 saturated heterocycles. The number of nitrogens with zero attached hydrogens (tertiary/aromatic N) is 1. The first-order valence-electron chi connectivity index (χ1n) is 12.6. The molecule has 196 valence electrons. The van der Waals surface area contributed by atoms with Crippen LogP contribution in [0.3, 0.4) is 0 Å². The van der Waals surface area contributed by atoms with Gasteiger partial charge in [0.25, 0.3) is 11.8 Å². The Bertz CT molecular complexity index is 1020. The van der Waals surface area contributed by atoms with Crippen LogP contribution in [0.5, 0.6) is 0 Å². The zero-order valence-corrected chi connectivity index (χ0v) is 21.3. The minimum atomic E-state index is -0.959. The average molecular weight is 501 g/mol. The van der Waals surface area contributed by atoms with Crippen molar-refractivity contribution in [2.24, 2.45) is 0 Å². The van der Waals surface area contributed by atoms with Crippen molar-refractivity contribution in [3.63, 3.8) is 0 Å². The molecule has 1 atom stereocenters. The monoisotopic (exact) mass is 500 g/mol. The second-order valence-electron chi connectivity index (χ2n) is 10.2. The summed E-state index contributed by atoms with van der Waals surface area (Å²) < 4.78 is 5.20. The number of carbonyl (C=O) groups is 5. The highest BCUT2D eigenvalue weighted by molar-refractivity contribution is 6.23. The number of hydrogen-bond acceptors (Lipinski definition) is 7. The van der Waals surface area contributed by atoms with Crippen molar-refractivity contribution in [1.29, 1.82) is 0 Å². The number of piperidine rings is 1. The van der Waals surface area contributed by atoms with Gasteiger partial charge < -0.3 is 15.4 Å². The van der Waals surface area contributed by atoms with Crippen molar-refractivity contribution in [2.75, 3.05) is 18.4 Å². The maximum absolute atomic E-state index is 12.9. The number of nitrogens with one attached hydrogen (secondary N) is 3. The molecule has 2 aliphatic rings. The summed E-state index contributed by atoms with van der Waals surface area (Å²) in [6.07, 6.45) is 5.99. The van der Waals surface area contributed by atoms with Crippen molar-refractivity contribution >= 4 is 35.4 Å². The number of imide groups is 2. The number of carbonyl (C=O) groups excluding carboxylic acids is 5. The van der Waals surface area contributed by atoms with Gasteiger partial charge in [0.15, 0.2) is 0 Å². The van der Waals surface area contributed by atoms with E-state index in [-0.39, 0.29) is 30.1 Å². The largest absolute Gasteiger partial charge is 0.444 e. The molecular weight excluding hydrogens is 464 g/mol. The molecular formula is C26H36N4O6. The highest BCUT2D eigenvalue weighted by Gasteiger charge is 2.44. The van der Waals surface area contributed by atoms with Crippen molar-refractivity contribution < 1.29 is 28.7 Å². The third-order valence-electron chi connectivity index (χ3n) is 6.04. The Morgan fingerprint density at radius 1 is 0.972 bits per heavy atom. The van der Waals surface area contributed by atoms with Gasteiger partial charge in [-0.1, -0.05) is 25.7 Å². The molecule has 0 aromatic heterocycles. The molecule has 2 heterocycles. The minimum absolute atomic E-state index is 0.0968. The van der Waals surface area contributed by atoms with Gasteiger partial charge in [0.2, 0.25) is 11.8 Å². The van der Waals surface area contributed by atoms with Crippen LogP contribution in [0.1, 0.15) is 92.9 Å². The summed E-state index contributed by atoms with van der Waals surface area (Å²) in [5.74, 6) is -2.01. The maximum Gasteiger partial charge on any atom is 0.407 e. The number of ether oxygens (including phenoxy) is 1. The summed E-state index contributed by atoms with van der Waals surface area (Å²) in [6.45, 7) is 6.85. The molecule has 2 aliphatic heterocycles. The van der Waals surface area contributed by atoms with Crippen LogP contribution in [-0.2, 0) is 14.3 Å². The van der Waals surface area contributed by atoms with Crippen molar-refractivity contribution in [3.05, 3.63) is 29.3 Å². The summed E-state index contributed by atoms with van der Waals surface area (Å²) in [7, 11) is 0. The summed E-state index contributed by atoms with van der Waals surface area (Å²) in [5, 5.41) is 8.26. The standard InChI is InChI=1S/C26H36N4O6/c1-26(2,3)36-25(35)28-15-9-7-5-4-6-8-14-27-17-10-11-18-19(16-17)24(34)30(23(18)33)20-12-13-21(31)29-22(20)32/h10-11,16,20,27H,4-9,12-15H2,1-3H3,(H,28,35)(H,29,31,32). The predicted octanol–water partition coefficient (Wildman–Crippen LogP) is 3.37. The Morgan fingerprint density at radius 2 is 1.61 bits per heavy atom. The Kier molecular flexibility index (Phi) is 9.06. The Balaban J connectivity index is 1.34. The number of alkyl carbamates (subject to hydrolysis) is 1. The smallest absolute Gasteiger partial charge is 0.407 e. The van der Waals surface area contributed by atoms with E-state index in [9.17, 15) is 24.0 Å². The first kappa shape index (κ1) is 27.2. The molecule has 10 nitrogen and oxygen atoms in total. The highest BCUT2D eigenvalue weighted by atomic mass is 16.6. The molecule has 0 aliphatic carbocycles. The van der Waals surface area contributed by atoms with E-state index in [1.54, 1.807) is 18.2 Å². The van der Waals surface area contributed by atoms with Gasteiger partial charge in [0.1, 0.15) is 11.6 Å². The van der Waals surface area contributed by atoms with Crippen LogP contribution in [-0.4, -0.2) is 59.4 Å². The third kappa shape index (κ3) is 7.29. The molecule has 1 aromatic rings. The fourth-order valence-electron chi connectivity index (χ4n) is 4.28. The molecule has 0 saturated carbocycles. The van der Waals surface area contributed by atoms with Gasteiger partial charge in [-0.25, -0.2) is 4.79 Å². The van der Waals surface area contributed by atoms with Crippen molar-refractivity contribution in [3.8, 4) is 0 Å².